The number of pyridine rings is 1. The Morgan fingerprint density at radius 3 is 3.00 bits per heavy atom. The number of amides is 1. The molecule has 1 saturated heterocycles. The van der Waals surface area contributed by atoms with Crippen molar-refractivity contribution in [3.8, 4) is 0 Å². The van der Waals surface area contributed by atoms with Crippen molar-refractivity contribution in [3.05, 3.63) is 52.0 Å². The van der Waals surface area contributed by atoms with Crippen molar-refractivity contribution < 1.29 is 9.90 Å². The number of carbonyl (C=O) groups excluding carboxylic acids is 1. The van der Waals surface area contributed by atoms with Gasteiger partial charge in [-0.1, -0.05) is 12.1 Å². The summed E-state index contributed by atoms with van der Waals surface area (Å²) >= 11 is 1.78. The number of likely N-dealkylation sites (tertiary alicyclic amines) is 1. The highest BCUT2D eigenvalue weighted by atomic mass is 32.1. The van der Waals surface area contributed by atoms with Gasteiger partial charge in [0.1, 0.15) is 5.69 Å². The average Bonchev–Trinajstić information content (AvgIpc) is 3.13. The molecule has 1 amide bonds. The van der Waals surface area contributed by atoms with Crippen molar-refractivity contribution in [3.63, 3.8) is 0 Å². The molecule has 4 nitrogen and oxygen atoms in total. The van der Waals surface area contributed by atoms with E-state index in [-0.39, 0.29) is 18.6 Å². The lowest BCUT2D eigenvalue weighted by atomic mass is 9.97. The first-order chi connectivity index (χ1) is 11.3. The van der Waals surface area contributed by atoms with Crippen molar-refractivity contribution in [2.45, 2.75) is 44.8 Å². The number of thiophene rings is 1. The molecule has 0 saturated carbocycles. The molecule has 0 unspecified atom stereocenters. The van der Waals surface area contributed by atoms with Crippen molar-refractivity contribution >= 4 is 17.2 Å². The third kappa shape index (κ3) is 3.98. The first kappa shape index (κ1) is 16.1. The molecule has 3 rings (SSSR count). The summed E-state index contributed by atoms with van der Waals surface area (Å²) < 4.78 is 0. The zero-order valence-corrected chi connectivity index (χ0v) is 14.0. The standard InChI is InChI=1S/C18H22N2O2S/c21-13-14-5-3-8-17(19-14)18(22)20-11-2-1-6-15(20)9-10-16-7-4-12-23-16/h3-5,7-8,12,15,21H,1-2,6,9-11,13H2/t15-/m0/s1. The molecule has 23 heavy (non-hydrogen) atoms. The fourth-order valence-corrected chi connectivity index (χ4v) is 3.89. The largest absolute Gasteiger partial charge is 0.390 e. The van der Waals surface area contributed by atoms with Gasteiger partial charge in [0, 0.05) is 17.5 Å². The van der Waals surface area contributed by atoms with Gasteiger partial charge >= 0.3 is 0 Å². The molecule has 0 aromatic carbocycles. The van der Waals surface area contributed by atoms with Crippen LogP contribution < -0.4 is 0 Å². The highest BCUT2D eigenvalue weighted by Crippen LogP contribution is 2.24. The fraction of sp³-hybridized carbons (Fsp3) is 0.444. The molecular weight excluding hydrogens is 308 g/mol. The van der Waals surface area contributed by atoms with Crippen molar-refractivity contribution in [2.24, 2.45) is 0 Å². The Balaban J connectivity index is 1.70. The summed E-state index contributed by atoms with van der Waals surface area (Å²) in [7, 11) is 0. The number of rotatable bonds is 5. The van der Waals surface area contributed by atoms with Crippen molar-refractivity contribution in [1.82, 2.24) is 9.88 Å². The summed E-state index contributed by atoms with van der Waals surface area (Å²) in [4.78, 5) is 20.5. The summed E-state index contributed by atoms with van der Waals surface area (Å²) in [5.41, 5.74) is 0.988. The topological polar surface area (TPSA) is 53.4 Å². The van der Waals surface area contributed by atoms with Gasteiger partial charge < -0.3 is 10.0 Å². The minimum absolute atomic E-state index is 0.00354. The van der Waals surface area contributed by atoms with E-state index in [2.05, 4.69) is 22.5 Å². The van der Waals surface area contributed by atoms with Crippen LogP contribution in [0.1, 0.15) is 46.7 Å². The smallest absolute Gasteiger partial charge is 0.272 e. The predicted octanol–water partition coefficient (Wildman–Crippen LogP) is 3.26. The van der Waals surface area contributed by atoms with Crippen LogP contribution >= 0.6 is 11.3 Å². The van der Waals surface area contributed by atoms with Gasteiger partial charge in [-0.3, -0.25) is 4.79 Å². The Hall–Kier alpha value is -1.72. The molecule has 2 aromatic rings. The van der Waals surface area contributed by atoms with Crippen molar-refractivity contribution in [1.29, 1.82) is 0 Å². The lowest BCUT2D eigenvalue weighted by Crippen LogP contribution is -2.44. The maximum Gasteiger partial charge on any atom is 0.272 e. The van der Waals surface area contributed by atoms with E-state index in [0.29, 0.717) is 11.4 Å². The van der Waals surface area contributed by atoms with Crippen LogP contribution in [0.5, 0.6) is 0 Å². The zero-order chi connectivity index (χ0) is 16.1. The SMILES string of the molecule is O=C(c1cccc(CO)n1)N1CCCC[C@H]1CCc1cccs1. The van der Waals surface area contributed by atoms with Crippen LogP contribution in [0.3, 0.4) is 0 Å². The molecular formula is C18H22N2O2S. The van der Waals surface area contributed by atoms with Crippen LogP contribution in [-0.2, 0) is 13.0 Å². The van der Waals surface area contributed by atoms with E-state index in [9.17, 15) is 9.90 Å². The van der Waals surface area contributed by atoms with E-state index in [1.54, 1.807) is 29.5 Å². The molecule has 0 bridgehead atoms. The second-order valence-corrected chi connectivity index (χ2v) is 6.97. The number of nitrogens with zero attached hydrogens (tertiary/aromatic N) is 2. The van der Waals surface area contributed by atoms with Gasteiger partial charge in [-0.05, 0) is 55.7 Å². The molecule has 1 fully saturated rings. The number of hydrogen-bond donors (Lipinski definition) is 1. The summed E-state index contributed by atoms with van der Waals surface area (Å²) in [6.45, 7) is 0.669. The number of carbonyl (C=O) groups is 1. The predicted molar refractivity (Wildman–Crippen MR) is 91.5 cm³/mol. The Bertz CT molecular complexity index is 642. The maximum absolute atomic E-state index is 12.8. The quantitative estimate of drug-likeness (QED) is 0.915. The molecule has 0 spiro atoms. The van der Waals surface area contributed by atoms with Gasteiger partial charge in [0.05, 0.1) is 12.3 Å². The molecule has 2 aromatic heterocycles. The van der Waals surface area contributed by atoms with Gasteiger partial charge in [-0.25, -0.2) is 4.98 Å². The Kier molecular flexibility index (Phi) is 5.41. The van der Waals surface area contributed by atoms with Crippen LogP contribution in [0.2, 0.25) is 0 Å². The minimum Gasteiger partial charge on any atom is -0.390 e. The van der Waals surface area contributed by atoms with Gasteiger partial charge in [0.2, 0.25) is 0 Å². The van der Waals surface area contributed by atoms with E-state index < -0.39 is 0 Å². The number of aromatic nitrogens is 1. The molecule has 1 atom stereocenters. The molecule has 122 valence electrons. The van der Waals surface area contributed by atoms with Crippen LogP contribution in [-0.4, -0.2) is 33.5 Å². The highest BCUT2D eigenvalue weighted by Gasteiger charge is 2.28. The van der Waals surface area contributed by atoms with E-state index in [4.69, 9.17) is 0 Å². The number of piperidine rings is 1. The van der Waals surface area contributed by atoms with Gasteiger partial charge in [-0.2, -0.15) is 0 Å². The van der Waals surface area contributed by atoms with Crippen LogP contribution in [0.4, 0.5) is 0 Å². The van der Waals surface area contributed by atoms with Crippen LogP contribution in [0, 0.1) is 0 Å². The second-order valence-electron chi connectivity index (χ2n) is 5.94. The Labute approximate surface area is 140 Å². The van der Waals surface area contributed by atoms with Gasteiger partial charge in [0.15, 0.2) is 0 Å². The average molecular weight is 330 g/mol. The number of hydrogen-bond acceptors (Lipinski definition) is 4. The maximum atomic E-state index is 12.8. The molecule has 3 heterocycles. The second kappa shape index (κ2) is 7.70. The monoisotopic (exact) mass is 330 g/mol. The molecule has 5 heteroatoms. The Morgan fingerprint density at radius 1 is 1.30 bits per heavy atom. The first-order valence-electron chi connectivity index (χ1n) is 8.18. The molecule has 1 aliphatic heterocycles. The first-order valence-corrected chi connectivity index (χ1v) is 9.06. The number of aliphatic hydroxyl groups excluding tert-OH is 1. The molecule has 0 radical (unpaired) electrons. The number of aliphatic hydroxyl groups is 1. The fourth-order valence-electron chi connectivity index (χ4n) is 3.17. The van der Waals surface area contributed by atoms with E-state index in [0.717, 1.165) is 32.2 Å². The lowest BCUT2D eigenvalue weighted by molar-refractivity contribution is 0.0595. The summed E-state index contributed by atoms with van der Waals surface area (Å²) in [6.07, 6.45) is 5.34. The van der Waals surface area contributed by atoms with E-state index >= 15 is 0 Å². The summed E-state index contributed by atoms with van der Waals surface area (Å²) in [6, 6.07) is 9.79. The minimum atomic E-state index is -0.136. The van der Waals surface area contributed by atoms with Crippen molar-refractivity contribution in [2.75, 3.05) is 6.54 Å². The van der Waals surface area contributed by atoms with E-state index in [1.807, 2.05) is 4.90 Å². The van der Waals surface area contributed by atoms with Gasteiger partial charge in [0.25, 0.3) is 5.91 Å². The third-order valence-electron chi connectivity index (χ3n) is 4.38. The van der Waals surface area contributed by atoms with Crippen LogP contribution in [0.15, 0.2) is 35.7 Å². The van der Waals surface area contributed by atoms with Gasteiger partial charge in [-0.15, -0.1) is 11.3 Å². The summed E-state index contributed by atoms with van der Waals surface area (Å²) in [5, 5.41) is 11.3. The normalized spacial score (nSPS) is 18.1. The van der Waals surface area contributed by atoms with Crippen LogP contribution in [0.25, 0.3) is 0 Å². The molecule has 1 N–H and O–H groups in total. The zero-order valence-electron chi connectivity index (χ0n) is 13.1. The lowest BCUT2D eigenvalue weighted by Gasteiger charge is -2.35. The molecule has 1 aliphatic rings. The third-order valence-corrected chi connectivity index (χ3v) is 5.32. The summed E-state index contributed by atoms with van der Waals surface area (Å²) in [5.74, 6) is -0.00354. The highest BCUT2D eigenvalue weighted by molar-refractivity contribution is 7.09. The molecule has 0 aliphatic carbocycles. The van der Waals surface area contributed by atoms with E-state index in [1.165, 1.54) is 11.3 Å². The number of aryl methyl sites for hydroxylation is 1. The Morgan fingerprint density at radius 2 is 2.22 bits per heavy atom.